The zero-order valence-electron chi connectivity index (χ0n) is 8.51. The van der Waals surface area contributed by atoms with Gasteiger partial charge in [0.1, 0.15) is 5.82 Å². The molecule has 0 bridgehead atoms. The zero-order valence-corrected chi connectivity index (χ0v) is 8.51. The minimum absolute atomic E-state index is 0.00444. The molecule has 0 saturated carbocycles. The molecular weight excluding hydrogens is 180 g/mol. The third-order valence-electron chi connectivity index (χ3n) is 2.30. The van der Waals surface area contributed by atoms with Crippen LogP contribution in [0, 0.1) is 0 Å². The van der Waals surface area contributed by atoms with Crippen molar-refractivity contribution in [2.45, 2.75) is 19.6 Å². The Morgan fingerprint density at radius 1 is 1.50 bits per heavy atom. The van der Waals surface area contributed by atoms with Crippen LogP contribution in [0.4, 0.5) is 5.82 Å². The van der Waals surface area contributed by atoms with E-state index < -0.39 is 0 Å². The maximum absolute atomic E-state index is 9.09. The molecule has 0 saturated heterocycles. The standard InChI is InChI=1S/C10H16N2O2/c1-8(6-13)12(2)10-9(7-14)4-3-5-11-10/h3-5,8,13-14H,6-7H2,1-2H3. The van der Waals surface area contributed by atoms with Crippen LogP contribution >= 0.6 is 0 Å². The summed E-state index contributed by atoms with van der Waals surface area (Å²) in [4.78, 5) is 6.03. The number of hydrogen-bond acceptors (Lipinski definition) is 4. The Morgan fingerprint density at radius 2 is 2.21 bits per heavy atom. The normalized spacial score (nSPS) is 12.6. The lowest BCUT2D eigenvalue weighted by Gasteiger charge is -2.25. The molecule has 14 heavy (non-hydrogen) atoms. The lowest BCUT2D eigenvalue weighted by atomic mass is 10.2. The molecule has 0 aliphatic rings. The Kier molecular flexibility index (Phi) is 3.85. The van der Waals surface area contributed by atoms with Gasteiger partial charge in [0, 0.05) is 18.8 Å². The maximum Gasteiger partial charge on any atom is 0.134 e. The predicted octanol–water partition coefficient (Wildman–Crippen LogP) is 0.391. The molecule has 0 spiro atoms. The van der Waals surface area contributed by atoms with E-state index in [0.29, 0.717) is 0 Å². The van der Waals surface area contributed by atoms with Crippen molar-refractivity contribution in [3.63, 3.8) is 0 Å². The number of likely N-dealkylation sites (N-methyl/N-ethyl adjacent to an activating group) is 1. The molecule has 1 heterocycles. The first kappa shape index (κ1) is 10.9. The molecule has 0 fully saturated rings. The molecule has 0 amide bonds. The minimum Gasteiger partial charge on any atom is -0.394 e. The number of hydrogen-bond donors (Lipinski definition) is 2. The Morgan fingerprint density at radius 3 is 2.79 bits per heavy atom. The summed E-state index contributed by atoms with van der Waals surface area (Å²) in [6.07, 6.45) is 1.68. The second-order valence-corrected chi connectivity index (χ2v) is 3.29. The molecular formula is C10H16N2O2. The van der Waals surface area contributed by atoms with Crippen molar-refractivity contribution in [1.29, 1.82) is 0 Å². The molecule has 78 valence electrons. The quantitative estimate of drug-likeness (QED) is 0.731. The van der Waals surface area contributed by atoms with E-state index in [1.807, 2.05) is 24.9 Å². The van der Waals surface area contributed by atoms with E-state index >= 15 is 0 Å². The highest BCUT2D eigenvalue weighted by molar-refractivity contribution is 5.46. The van der Waals surface area contributed by atoms with Crippen molar-refractivity contribution >= 4 is 5.82 Å². The van der Waals surface area contributed by atoms with Crippen LogP contribution in [0.25, 0.3) is 0 Å². The van der Waals surface area contributed by atoms with Crippen molar-refractivity contribution in [2.24, 2.45) is 0 Å². The van der Waals surface area contributed by atoms with Crippen molar-refractivity contribution in [2.75, 3.05) is 18.6 Å². The second kappa shape index (κ2) is 4.93. The van der Waals surface area contributed by atoms with Crippen LogP contribution < -0.4 is 4.90 Å². The topological polar surface area (TPSA) is 56.6 Å². The lowest BCUT2D eigenvalue weighted by molar-refractivity contribution is 0.266. The van der Waals surface area contributed by atoms with Gasteiger partial charge in [-0.3, -0.25) is 0 Å². The first-order valence-electron chi connectivity index (χ1n) is 4.59. The number of aliphatic hydroxyl groups excluding tert-OH is 2. The fourth-order valence-electron chi connectivity index (χ4n) is 1.20. The van der Waals surface area contributed by atoms with Crippen LogP contribution in [-0.2, 0) is 6.61 Å². The van der Waals surface area contributed by atoms with Gasteiger partial charge in [-0.15, -0.1) is 0 Å². The Bertz CT molecular complexity index is 291. The summed E-state index contributed by atoms with van der Waals surface area (Å²) in [5, 5.41) is 18.1. The molecule has 0 aliphatic heterocycles. The maximum atomic E-state index is 9.09. The van der Waals surface area contributed by atoms with Crippen LogP contribution in [0.15, 0.2) is 18.3 Å². The van der Waals surface area contributed by atoms with Gasteiger partial charge in [0.15, 0.2) is 0 Å². The smallest absolute Gasteiger partial charge is 0.134 e. The van der Waals surface area contributed by atoms with E-state index in [0.717, 1.165) is 11.4 Å². The Hall–Kier alpha value is -1.13. The van der Waals surface area contributed by atoms with Crippen LogP contribution in [-0.4, -0.2) is 34.9 Å². The molecule has 1 aromatic heterocycles. The van der Waals surface area contributed by atoms with Crippen molar-refractivity contribution in [3.05, 3.63) is 23.9 Å². The molecule has 0 aliphatic carbocycles. The van der Waals surface area contributed by atoms with Gasteiger partial charge >= 0.3 is 0 Å². The molecule has 2 N–H and O–H groups in total. The highest BCUT2D eigenvalue weighted by Crippen LogP contribution is 2.17. The summed E-state index contributed by atoms with van der Waals surface area (Å²) in [5.74, 6) is 0.719. The van der Waals surface area contributed by atoms with E-state index in [9.17, 15) is 0 Å². The van der Waals surface area contributed by atoms with Gasteiger partial charge in [-0.05, 0) is 13.0 Å². The van der Waals surface area contributed by atoms with Crippen LogP contribution in [0.3, 0.4) is 0 Å². The number of rotatable bonds is 4. The largest absolute Gasteiger partial charge is 0.394 e. The van der Waals surface area contributed by atoms with E-state index in [1.165, 1.54) is 0 Å². The molecule has 4 heteroatoms. The molecule has 1 unspecified atom stereocenters. The molecule has 4 nitrogen and oxygen atoms in total. The van der Waals surface area contributed by atoms with Gasteiger partial charge in [0.05, 0.1) is 19.3 Å². The highest BCUT2D eigenvalue weighted by Gasteiger charge is 2.12. The molecule has 1 rings (SSSR count). The summed E-state index contributed by atoms with van der Waals surface area (Å²) in [5.41, 5.74) is 0.773. The number of aromatic nitrogens is 1. The number of pyridine rings is 1. The average molecular weight is 196 g/mol. The van der Waals surface area contributed by atoms with E-state index in [4.69, 9.17) is 10.2 Å². The first-order chi connectivity index (χ1) is 6.70. The number of anilines is 1. The van der Waals surface area contributed by atoms with Gasteiger partial charge in [0.25, 0.3) is 0 Å². The summed E-state index contributed by atoms with van der Waals surface area (Å²) in [6, 6.07) is 3.60. The fraction of sp³-hybridized carbons (Fsp3) is 0.500. The molecule has 1 aromatic rings. The van der Waals surface area contributed by atoms with Gasteiger partial charge in [-0.1, -0.05) is 6.07 Å². The Balaban J connectivity index is 2.93. The SMILES string of the molecule is CC(CO)N(C)c1ncccc1CO. The van der Waals surface area contributed by atoms with Crippen LogP contribution in [0.1, 0.15) is 12.5 Å². The highest BCUT2D eigenvalue weighted by atomic mass is 16.3. The summed E-state index contributed by atoms with van der Waals surface area (Å²) in [6.45, 7) is 1.93. The van der Waals surface area contributed by atoms with E-state index in [1.54, 1.807) is 12.3 Å². The Labute approximate surface area is 83.8 Å². The lowest BCUT2D eigenvalue weighted by Crippen LogP contribution is -2.33. The predicted molar refractivity (Wildman–Crippen MR) is 55.1 cm³/mol. The van der Waals surface area contributed by atoms with Gasteiger partial charge in [-0.2, -0.15) is 0 Å². The second-order valence-electron chi connectivity index (χ2n) is 3.29. The first-order valence-corrected chi connectivity index (χ1v) is 4.59. The van der Waals surface area contributed by atoms with Gasteiger partial charge in [-0.25, -0.2) is 4.98 Å². The summed E-state index contributed by atoms with van der Waals surface area (Å²) in [7, 11) is 1.85. The van der Waals surface area contributed by atoms with E-state index in [2.05, 4.69) is 4.98 Å². The molecule has 1 atom stereocenters. The van der Waals surface area contributed by atoms with Crippen molar-refractivity contribution in [3.8, 4) is 0 Å². The van der Waals surface area contributed by atoms with Crippen molar-refractivity contribution < 1.29 is 10.2 Å². The monoisotopic (exact) mass is 196 g/mol. The van der Waals surface area contributed by atoms with Crippen LogP contribution in [0.2, 0.25) is 0 Å². The summed E-state index contributed by atoms with van der Waals surface area (Å²) >= 11 is 0. The third-order valence-corrected chi connectivity index (χ3v) is 2.30. The van der Waals surface area contributed by atoms with Crippen LogP contribution in [0.5, 0.6) is 0 Å². The third kappa shape index (κ3) is 2.21. The number of nitrogens with zero attached hydrogens (tertiary/aromatic N) is 2. The van der Waals surface area contributed by atoms with E-state index in [-0.39, 0.29) is 19.3 Å². The molecule has 0 aromatic carbocycles. The minimum atomic E-state index is -0.0360. The average Bonchev–Trinajstić information content (AvgIpc) is 2.26. The van der Waals surface area contributed by atoms with Gasteiger partial charge in [0.2, 0.25) is 0 Å². The molecule has 0 radical (unpaired) electrons. The fourth-order valence-corrected chi connectivity index (χ4v) is 1.20. The van der Waals surface area contributed by atoms with Crippen molar-refractivity contribution in [1.82, 2.24) is 4.98 Å². The number of aliphatic hydroxyl groups is 2. The summed E-state index contributed by atoms with van der Waals surface area (Å²) < 4.78 is 0. The van der Waals surface area contributed by atoms with Gasteiger partial charge < -0.3 is 15.1 Å². The zero-order chi connectivity index (χ0) is 10.6.